The van der Waals surface area contributed by atoms with E-state index in [0.29, 0.717) is 12.3 Å². The van der Waals surface area contributed by atoms with E-state index in [2.05, 4.69) is 55.0 Å². The van der Waals surface area contributed by atoms with Gasteiger partial charge in [-0.25, -0.2) is 0 Å². The van der Waals surface area contributed by atoms with Crippen LogP contribution < -0.4 is 15.0 Å². The minimum atomic E-state index is 0.00189. The topological polar surface area (TPSA) is 54.5 Å². The number of amides is 1. The van der Waals surface area contributed by atoms with Crippen LogP contribution in [-0.2, 0) is 4.79 Å². The first kappa shape index (κ1) is 19.5. The Kier molecular flexibility index (Phi) is 5.59. The Morgan fingerprint density at radius 2 is 2.07 bits per heavy atom. The van der Waals surface area contributed by atoms with Gasteiger partial charge in [-0.1, -0.05) is 27.7 Å². The van der Waals surface area contributed by atoms with E-state index in [-0.39, 0.29) is 17.4 Å². The number of methoxy groups -OCH3 is 1. The highest BCUT2D eigenvalue weighted by molar-refractivity contribution is 5.95. The Balaban J connectivity index is 1.83. The summed E-state index contributed by atoms with van der Waals surface area (Å²) >= 11 is 0. The number of piperidine rings is 1. The maximum Gasteiger partial charge on any atom is 0.220 e. The highest BCUT2D eigenvalue weighted by Crippen LogP contribution is 2.34. The number of fused-ring (bicyclic) bond motifs is 1. The van der Waals surface area contributed by atoms with Gasteiger partial charge in [0.15, 0.2) is 0 Å². The van der Waals surface area contributed by atoms with E-state index in [1.807, 2.05) is 12.1 Å². The smallest absolute Gasteiger partial charge is 0.220 e. The lowest BCUT2D eigenvalue weighted by Gasteiger charge is -2.39. The molecule has 1 aromatic carbocycles. The number of ether oxygens (including phenoxy) is 1. The Bertz CT molecular complexity index is 813. The third-order valence-corrected chi connectivity index (χ3v) is 4.99. The fourth-order valence-corrected chi connectivity index (χ4v) is 3.99. The van der Waals surface area contributed by atoms with Gasteiger partial charge in [-0.15, -0.1) is 0 Å². The van der Waals surface area contributed by atoms with Crippen LogP contribution in [0.4, 0.5) is 5.69 Å². The van der Waals surface area contributed by atoms with Gasteiger partial charge in [-0.2, -0.15) is 0 Å². The molecule has 2 unspecified atom stereocenters. The van der Waals surface area contributed by atoms with E-state index < -0.39 is 0 Å². The summed E-state index contributed by atoms with van der Waals surface area (Å²) in [6.45, 7) is 10.3. The van der Waals surface area contributed by atoms with E-state index in [9.17, 15) is 4.79 Å². The molecule has 0 saturated carbocycles. The molecule has 146 valence electrons. The molecule has 1 saturated heterocycles. The van der Waals surface area contributed by atoms with E-state index in [0.717, 1.165) is 41.9 Å². The van der Waals surface area contributed by atoms with Crippen molar-refractivity contribution in [2.75, 3.05) is 25.1 Å². The second-order valence-corrected chi connectivity index (χ2v) is 8.93. The summed E-state index contributed by atoms with van der Waals surface area (Å²) in [7, 11) is 1.67. The largest absolute Gasteiger partial charge is 0.494 e. The van der Waals surface area contributed by atoms with E-state index in [1.165, 1.54) is 0 Å². The van der Waals surface area contributed by atoms with Gasteiger partial charge < -0.3 is 15.0 Å². The number of carbonyl (C=O) groups is 1. The Labute approximate surface area is 162 Å². The molecule has 1 aliphatic heterocycles. The van der Waals surface area contributed by atoms with Crippen LogP contribution in [0.2, 0.25) is 0 Å². The molecule has 2 heterocycles. The number of rotatable bonds is 4. The normalized spacial score (nSPS) is 20.6. The molecule has 5 nitrogen and oxygen atoms in total. The van der Waals surface area contributed by atoms with Crippen molar-refractivity contribution in [1.29, 1.82) is 0 Å². The van der Waals surface area contributed by atoms with Crippen LogP contribution in [0.15, 0.2) is 30.5 Å². The molecule has 1 aliphatic rings. The molecular formula is C22H31N3O2. The molecule has 1 N–H and O–H groups in total. The van der Waals surface area contributed by atoms with Crippen LogP contribution in [0.25, 0.3) is 10.9 Å². The van der Waals surface area contributed by atoms with Crippen molar-refractivity contribution in [1.82, 2.24) is 10.3 Å². The van der Waals surface area contributed by atoms with E-state index in [1.54, 1.807) is 13.3 Å². The highest BCUT2D eigenvalue weighted by Gasteiger charge is 2.28. The summed E-state index contributed by atoms with van der Waals surface area (Å²) < 4.78 is 5.47. The molecule has 5 heteroatoms. The van der Waals surface area contributed by atoms with Gasteiger partial charge >= 0.3 is 0 Å². The van der Waals surface area contributed by atoms with Crippen LogP contribution in [0, 0.1) is 11.3 Å². The third-order valence-electron chi connectivity index (χ3n) is 4.99. The summed E-state index contributed by atoms with van der Waals surface area (Å²) in [5, 5.41) is 4.34. The van der Waals surface area contributed by atoms with Gasteiger partial charge in [0, 0.05) is 42.8 Å². The third kappa shape index (κ3) is 4.71. The summed E-state index contributed by atoms with van der Waals surface area (Å²) in [5.41, 5.74) is 2.03. The first-order chi connectivity index (χ1) is 12.8. The summed E-state index contributed by atoms with van der Waals surface area (Å²) in [6, 6.07) is 8.30. The van der Waals surface area contributed by atoms with Gasteiger partial charge in [-0.3, -0.25) is 9.78 Å². The molecule has 0 radical (unpaired) electrons. The monoisotopic (exact) mass is 369 g/mol. The summed E-state index contributed by atoms with van der Waals surface area (Å²) in [6.07, 6.45) is 3.36. The molecule has 27 heavy (non-hydrogen) atoms. The van der Waals surface area contributed by atoms with E-state index in [4.69, 9.17) is 4.74 Å². The van der Waals surface area contributed by atoms with Gasteiger partial charge in [0.2, 0.25) is 5.91 Å². The standard InChI is InChI=1S/C22H31N3O2/c1-15-11-16(24-20(26)12-22(2,3)4)14-25(13-15)18-8-9-19(27-5)21-17(18)7-6-10-23-21/h6-10,15-16H,11-14H2,1-5H3,(H,24,26). The zero-order chi connectivity index (χ0) is 19.6. The SMILES string of the molecule is COc1ccc(N2CC(C)CC(NC(=O)CC(C)(C)C)C2)c2cccnc12. The van der Waals surface area contributed by atoms with Crippen molar-refractivity contribution < 1.29 is 9.53 Å². The fourth-order valence-electron chi connectivity index (χ4n) is 3.99. The number of benzene rings is 1. The number of pyridine rings is 1. The number of anilines is 1. The molecule has 0 bridgehead atoms. The lowest BCUT2D eigenvalue weighted by molar-refractivity contribution is -0.123. The predicted octanol–water partition coefficient (Wildman–Crippen LogP) is 4.01. The Morgan fingerprint density at radius 3 is 2.78 bits per heavy atom. The van der Waals surface area contributed by atoms with Gasteiger partial charge in [-0.05, 0) is 42.0 Å². The van der Waals surface area contributed by atoms with Crippen molar-refractivity contribution >= 4 is 22.5 Å². The zero-order valence-electron chi connectivity index (χ0n) is 17.1. The van der Waals surface area contributed by atoms with Gasteiger partial charge in [0.1, 0.15) is 11.3 Å². The van der Waals surface area contributed by atoms with Crippen molar-refractivity contribution in [2.24, 2.45) is 11.3 Å². The molecule has 0 aliphatic carbocycles. The van der Waals surface area contributed by atoms with Crippen molar-refractivity contribution in [3.63, 3.8) is 0 Å². The van der Waals surface area contributed by atoms with Crippen molar-refractivity contribution in [3.8, 4) is 5.75 Å². The minimum absolute atomic E-state index is 0.00189. The number of carbonyl (C=O) groups excluding carboxylic acids is 1. The number of nitrogens with one attached hydrogen (secondary N) is 1. The highest BCUT2D eigenvalue weighted by atomic mass is 16.5. The molecule has 0 spiro atoms. The van der Waals surface area contributed by atoms with Gasteiger partial charge in [0.05, 0.1) is 7.11 Å². The maximum atomic E-state index is 12.4. The average Bonchev–Trinajstić information content (AvgIpc) is 2.58. The number of hydrogen-bond donors (Lipinski definition) is 1. The number of aromatic nitrogens is 1. The molecule has 2 atom stereocenters. The second kappa shape index (κ2) is 7.75. The van der Waals surface area contributed by atoms with Crippen LogP contribution in [0.5, 0.6) is 5.75 Å². The Hall–Kier alpha value is -2.30. The molecular weight excluding hydrogens is 338 g/mol. The van der Waals surface area contributed by atoms with Gasteiger partial charge in [0.25, 0.3) is 0 Å². The maximum absolute atomic E-state index is 12.4. The van der Waals surface area contributed by atoms with Crippen LogP contribution in [-0.4, -0.2) is 37.1 Å². The number of hydrogen-bond acceptors (Lipinski definition) is 4. The van der Waals surface area contributed by atoms with Crippen LogP contribution >= 0.6 is 0 Å². The second-order valence-electron chi connectivity index (χ2n) is 8.93. The van der Waals surface area contributed by atoms with Crippen molar-refractivity contribution in [3.05, 3.63) is 30.5 Å². The summed E-state index contributed by atoms with van der Waals surface area (Å²) in [5.74, 6) is 1.43. The first-order valence-corrected chi connectivity index (χ1v) is 9.73. The lowest BCUT2D eigenvalue weighted by Crippen LogP contribution is -2.51. The lowest BCUT2D eigenvalue weighted by atomic mass is 9.90. The molecule has 1 fully saturated rings. The van der Waals surface area contributed by atoms with E-state index >= 15 is 0 Å². The minimum Gasteiger partial charge on any atom is -0.494 e. The quantitative estimate of drug-likeness (QED) is 0.885. The number of nitrogens with zero attached hydrogens (tertiary/aromatic N) is 2. The molecule has 1 amide bonds. The molecule has 2 aromatic rings. The summed E-state index contributed by atoms with van der Waals surface area (Å²) in [4.78, 5) is 19.3. The first-order valence-electron chi connectivity index (χ1n) is 9.73. The molecule has 1 aromatic heterocycles. The van der Waals surface area contributed by atoms with Crippen LogP contribution in [0.1, 0.15) is 40.5 Å². The van der Waals surface area contributed by atoms with Crippen LogP contribution in [0.3, 0.4) is 0 Å². The zero-order valence-corrected chi connectivity index (χ0v) is 17.1. The molecule has 3 rings (SSSR count). The van der Waals surface area contributed by atoms with Crippen molar-refractivity contribution in [2.45, 2.75) is 46.6 Å². The Morgan fingerprint density at radius 1 is 1.30 bits per heavy atom. The fraction of sp³-hybridized carbons (Fsp3) is 0.545. The average molecular weight is 370 g/mol. The predicted molar refractivity (Wildman–Crippen MR) is 110 cm³/mol.